The zero-order valence-corrected chi connectivity index (χ0v) is 12.1. The molecule has 0 radical (unpaired) electrons. The van der Waals surface area contributed by atoms with Crippen LogP contribution in [-0.2, 0) is 21.9 Å². The highest BCUT2D eigenvalue weighted by molar-refractivity contribution is 7.99. The van der Waals surface area contributed by atoms with Gasteiger partial charge in [0, 0.05) is 19.0 Å². The molecule has 1 aromatic rings. The summed E-state index contributed by atoms with van der Waals surface area (Å²) in [5, 5.41) is 14.1. The first-order valence-corrected chi connectivity index (χ1v) is 8.22. The lowest BCUT2D eigenvalue weighted by Crippen LogP contribution is -2.42. The molecular weight excluding hydrogens is 306 g/mol. The number of carboxylic acid groups (broad SMARTS) is 1. The molecule has 110 valence electrons. The molecule has 1 aliphatic heterocycles. The molecule has 0 saturated carbocycles. The average molecular weight is 319 g/mol. The van der Waals surface area contributed by atoms with Crippen LogP contribution in [0.1, 0.15) is 10.5 Å². The first kappa shape index (κ1) is 14.9. The molecule has 2 heterocycles. The smallest absolute Gasteiger partial charge is 0.327 e. The van der Waals surface area contributed by atoms with Crippen LogP contribution in [0.5, 0.6) is 0 Å². The number of amides is 1. The third-order valence-corrected chi connectivity index (χ3v) is 4.85. The maximum absolute atomic E-state index is 12.3. The van der Waals surface area contributed by atoms with Crippen molar-refractivity contribution in [3.8, 4) is 0 Å². The van der Waals surface area contributed by atoms with E-state index in [0.717, 1.165) is 6.07 Å². The SMILES string of the molecule is Cn1cc(S(N)(=O)=O)cc1C(=O)N1CSC[C@H]1C(=O)O. The normalized spacial score (nSPS) is 19.3. The van der Waals surface area contributed by atoms with Crippen molar-refractivity contribution in [2.45, 2.75) is 10.9 Å². The Hall–Kier alpha value is -1.52. The zero-order valence-electron chi connectivity index (χ0n) is 10.5. The number of carbonyl (C=O) groups excluding carboxylic acids is 1. The molecule has 0 spiro atoms. The van der Waals surface area contributed by atoms with Gasteiger partial charge in [-0.1, -0.05) is 0 Å². The number of thioether (sulfide) groups is 1. The van der Waals surface area contributed by atoms with Crippen LogP contribution in [0.15, 0.2) is 17.2 Å². The van der Waals surface area contributed by atoms with Gasteiger partial charge in [-0.25, -0.2) is 18.4 Å². The van der Waals surface area contributed by atoms with Crippen molar-refractivity contribution in [1.82, 2.24) is 9.47 Å². The predicted molar refractivity (Wildman–Crippen MR) is 71.7 cm³/mol. The van der Waals surface area contributed by atoms with E-state index in [4.69, 9.17) is 10.2 Å². The second-order valence-electron chi connectivity index (χ2n) is 4.35. The number of aryl methyl sites for hydroxylation is 1. The first-order chi connectivity index (χ1) is 9.21. The number of hydrogen-bond acceptors (Lipinski definition) is 5. The van der Waals surface area contributed by atoms with Gasteiger partial charge in [0.25, 0.3) is 5.91 Å². The highest BCUT2D eigenvalue weighted by atomic mass is 32.2. The molecule has 20 heavy (non-hydrogen) atoms. The number of aliphatic carboxylic acids is 1. The highest BCUT2D eigenvalue weighted by Gasteiger charge is 2.36. The molecule has 2 rings (SSSR count). The van der Waals surface area contributed by atoms with Crippen molar-refractivity contribution >= 4 is 33.7 Å². The van der Waals surface area contributed by atoms with Crippen LogP contribution >= 0.6 is 11.8 Å². The van der Waals surface area contributed by atoms with Gasteiger partial charge in [0.15, 0.2) is 0 Å². The second-order valence-corrected chi connectivity index (χ2v) is 6.91. The van der Waals surface area contributed by atoms with Gasteiger partial charge < -0.3 is 14.6 Å². The van der Waals surface area contributed by atoms with E-state index in [-0.39, 0.29) is 16.5 Å². The summed E-state index contributed by atoms with van der Waals surface area (Å²) >= 11 is 1.33. The fraction of sp³-hybridized carbons (Fsp3) is 0.400. The van der Waals surface area contributed by atoms with Crippen LogP contribution in [0.4, 0.5) is 0 Å². The number of primary sulfonamides is 1. The van der Waals surface area contributed by atoms with E-state index in [0.29, 0.717) is 5.75 Å². The zero-order chi connectivity index (χ0) is 15.1. The summed E-state index contributed by atoms with van der Waals surface area (Å²) in [4.78, 5) is 24.4. The van der Waals surface area contributed by atoms with Crippen LogP contribution in [0.3, 0.4) is 0 Å². The van der Waals surface area contributed by atoms with E-state index in [2.05, 4.69) is 0 Å². The first-order valence-electron chi connectivity index (χ1n) is 5.52. The molecule has 1 amide bonds. The van der Waals surface area contributed by atoms with Gasteiger partial charge in [-0.3, -0.25) is 4.79 Å². The molecule has 1 aromatic heterocycles. The number of nitrogens with two attached hydrogens (primary N) is 1. The van der Waals surface area contributed by atoms with Gasteiger partial charge in [-0.05, 0) is 6.07 Å². The Bertz CT molecular complexity index is 666. The molecule has 0 aliphatic carbocycles. The molecule has 3 N–H and O–H groups in total. The largest absolute Gasteiger partial charge is 0.480 e. The Balaban J connectivity index is 2.35. The monoisotopic (exact) mass is 319 g/mol. The highest BCUT2D eigenvalue weighted by Crippen LogP contribution is 2.24. The number of rotatable bonds is 3. The minimum absolute atomic E-state index is 0.0859. The Morgan fingerprint density at radius 1 is 1.50 bits per heavy atom. The third-order valence-electron chi connectivity index (χ3n) is 2.96. The molecule has 10 heteroatoms. The predicted octanol–water partition coefficient (Wildman–Crippen LogP) is -0.728. The number of hydrogen-bond donors (Lipinski definition) is 2. The minimum Gasteiger partial charge on any atom is -0.480 e. The van der Waals surface area contributed by atoms with Crippen LogP contribution in [0.25, 0.3) is 0 Å². The maximum atomic E-state index is 12.3. The van der Waals surface area contributed by atoms with Crippen molar-refractivity contribution in [3.63, 3.8) is 0 Å². The molecule has 8 nitrogen and oxygen atoms in total. The van der Waals surface area contributed by atoms with E-state index < -0.39 is 27.9 Å². The molecule has 0 aromatic carbocycles. The van der Waals surface area contributed by atoms with Gasteiger partial charge in [0.2, 0.25) is 10.0 Å². The van der Waals surface area contributed by atoms with Crippen molar-refractivity contribution in [2.24, 2.45) is 12.2 Å². The Labute approximate surface area is 119 Å². The number of aromatic nitrogens is 1. The van der Waals surface area contributed by atoms with Crippen LogP contribution in [-0.4, -0.2) is 52.5 Å². The summed E-state index contributed by atoms with van der Waals surface area (Å²) in [5.41, 5.74) is 0.0859. The Morgan fingerprint density at radius 2 is 2.15 bits per heavy atom. The van der Waals surface area contributed by atoms with E-state index in [1.165, 1.54) is 34.5 Å². The lowest BCUT2D eigenvalue weighted by molar-refractivity contribution is -0.140. The third kappa shape index (κ3) is 2.67. The molecular formula is C10H13N3O5S2. The molecule has 1 fully saturated rings. The van der Waals surface area contributed by atoms with Gasteiger partial charge in [-0.15, -0.1) is 11.8 Å². The molecule has 0 bridgehead atoms. The number of carboxylic acids is 1. The summed E-state index contributed by atoms with van der Waals surface area (Å²) in [7, 11) is -2.40. The molecule has 0 unspecified atom stereocenters. The summed E-state index contributed by atoms with van der Waals surface area (Å²) < 4.78 is 23.8. The lowest BCUT2D eigenvalue weighted by Gasteiger charge is -2.20. The van der Waals surface area contributed by atoms with Gasteiger partial charge in [0.1, 0.15) is 16.6 Å². The summed E-state index contributed by atoms with van der Waals surface area (Å²) in [6.45, 7) is 0. The molecule has 1 aliphatic rings. The van der Waals surface area contributed by atoms with Crippen LogP contribution in [0, 0.1) is 0 Å². The Kier molecular flexibility index (Phi) is 3.80. The number of sulfonamides is 1. The topological polar surface area (TPSA) is 123 Å². The number of nitrogens with zero attached hydrogens (tertiary/aromatic N) is 2. The van der Waals surface area contributed by atoms with E-state index in [1.54, 1.807) is 0 Å². The molecule has 1 atom stereocenters. The van der Waals surface area contributed by atoms with Gasteiger partial charge >= 0.3 is 5.97 Å². The quantitative estimate of drug-likeness (QED) is 0.757. The average Bonchev–Trinajstić information content (AvgIpc) is 2.92. The van der Waals surface area contributed by atoms with Gasteiger partial charge in [0.05, 0.1) is 5.88 Å². The second kappa shape index (κ2) is 5.11. The van der Waals surface area contributed by atoms with E-state index in [1.807, 2.05) is 0 Å². The van der Waals surface area contributed by atoms with Crippen molar-refractivity contribution in [2.75, 3.05) is 11.6 Å². The van der Waals surface area contributed by atoms with Crippen molar-refractivity contribution in [1.29, 1.82) is 0 Å². The van der Waals surface area contributed by atoms with E-state index >= 15 is 0 Å². The van der Waals surface area contributed by atoms with Crippen molar-refractivity contribution in [3.05, 3.63) is 18.0 Å². The van der Waals surface area contributed by atoms with Gasteiger partial charge in [-0.2, -0.15) is 0 Å². The fourth-order valence-electron chi connectivity index (χ4n) is 1.90. The summed E-state index contributed by atoms with van der Waals surface area (Å²) in [6.07, 6.45) is 1.22. The van der Waals surface area contributed by atoms with E-state index in [9.17, 15) is 18.0 Å². The minimum atomic E-state index is -3.90. The summed E-state index contributed by atoms with van der Waals surface area (Å²) in [5.74, 6) is -1.04. The summed E-state index contributed by atoms with van der Waals surface area (Å²) in [6, 6.07) is 0.250. The van der Waals surface area contributed by atoms with Crippen LogP contribution in [0.2, 0.25) is 0 Å². The lowest BCUT2D eigenvalue weighted by atomic mass is 10.2. The van der Waals surface area contributed by atoms with Crippen molar-refractivity contribution < 1.29 is 23.1 Å². The van der Waals surface area contributed by atoms with Crippen LogP contribution < -0.4 is 5.14 Å². The Morgan fingerprint density at radius 3 is 2.65 bits per heavy atom. The number of carbonyl (C=O) groups is 2. The fourth-order valence-corrected chi connectivity index (χ4v) is 3.62. The molecule has 1 saturated heterocycles. The standard InChI is InChI=1S/C10H13N3O5S2/c1-12-3-6(20(11,17)18)2-7(12)9(14)13-5-19-4-8(13)10(15)16/h2-3,8H,4-5H2,1H3,(H,15,16)(H2,11,17,18)/t8-/m0/s1. The maximum Gasteiger partial charge on any atom is 0.327 e.